The van der Waals surface area contributed by atoms with Gasteiger partial charge in [-0.1, -0.05) is 12.1 Å². The smallest absolute Gasteiger partial charge is 0.310 e. The number of fused-ring (bicyclic) bond motifs is 3. The van der Waals surface area contributed by atoms with Crippen molar-refractivity contribution in [3.63, 3.8) is 0 Å². The van der Waals surface area contributed by atoms with E-state index in [4.69, 9.17) is 9.72 Å². The van der Waals surface area contributed by atoms with Crippen molar-refractivity contribution in [3.05, 3.63) is 58.6 Å². The van der Waals surface area contributed by atoms with Crippen molar-refractivity contribution in [2.75, 3.05) is 24.6 Å². The summed E-state index contributed by atoms with van der Waals surface area (Å²) in [5.74, 6) is 0.738. The lowest BCUT2D eigenvalue weighted by Gasteiger charge is -2.32. The fourth-order valence-corrected chi connectivity index (χ4v) is 4.31. The maximum absolute atomic E-state index is 12.4. The SMILES string of the molecule is CCOC(=O)C1CCCN(c2nc3ccccc3c3nnc(-c4ccc([N+](=O)[O-])cc4)n23)C1. The van der Waals surface area contributed by atoms with Crippen LogP contribution in [0, 0.1) is 16.0 Å². The molecule has 5 rings (SSSR count). The Bertz CT molecular complexity index is 1350. The van der Waals surface area contributed by atoms with Crippen molar-refractivity contribution in [2.45, 2.75) is 19.8 Å². The molecule has 2 aromatic carbocycles. The molecule has 10 heteroatoms. The van der Waals surface area contributed by atoms with E-state index >= 15 is 0 Å². The van der Waals surface area contributed by atoms with Gasteiger partial charge in [0.25, 0.3) is 5.69 Å². The third-order valence-electron chi connectivity index (χ3n) is 5.89. The first-order valence-electron chi connectivity index (χ1n) is 10.9. The number of para-hydroxylation sites is 1. The topological polar surface area (TPSA) is 116 Å². The van der Waals surface area contributed by atoms with Crippen molar-refractivity contribution in [3.8, 4) is 11.4 Å². The normalized spacial score (nSPS) is 16.3. The van der Waals surface area contributed by atoms with Crippen molar-refractivity contribution in [2.24, 2.45) is 5.92 Å². The van der Waals surface area contributed by atoms with Crippen molar-refractivity contribution in [1.82, 2.24) is 19.6 Å². The zero-order chi connectivity index (χ0) is 22.9. The third kappa shape index (κ3) is 3.73. The summed E-state index contributed by atoms with van der Waals surface area (Å²) in [6.07, 6.45) is 1.60. The summed E-state index contributed by atoms with van der Waals surface area (Å²) < 4.78 is 7.13. The summed E-state index contributed by atoms with van der Waals surface area (Å²) in [5, 5.41) is 20.8. The second-order valence-corrected chi connectivity index (χ2v) is 7.95. The highest BCUT2D eigenvalue weighted by molar-refractivity contribution is 5.93. The fourth-order valence-electron chi connectivity index (χ4n) is 4.31. The first-order chi connectivity index (χ1) is 16.1. The van der Waals surface area contributed by atoms with E-state index in [1.165, 1.54) is 12.1 Å². The number of hydrogen-bond acceptors (Lipinski definition) is 8. The van der Waals surface area contributed by atoms with E-state index in [2.05, 4.69) is 15.1 Å². The maximum Gasteiger partial charge on any atom is 0.310 e. The number of carbonyl (C=O) groups is 1. The molecule has 1 aliphatic heterocycles. The number of piperidine rings is 1. The highest BCUT2D eigenvalue weighted by Gasteiger charge is 2.30. The average Bonchev–Trinajstić information content (AvgIpc) is 3.29. The average molecular weight is 446 g/mol. The molecule has 1 saturated heterocycles. The van der Waals surface area contributed by atoms with Crippen LogP contribution in [0.2, 0.25) is 0 Å². The first kappa shape index (κ1) is 20.8. The molecule has 0 aliphatic carbocycles. The van der Waals surface area contributed by atoms with Gasteiger partial charge in [-0.25, -0.2) is 9.38 Å². The molecule has 0 saturated carbocycles. The number of rotatable bonds is 5. The first-order valence-corrected chi connectivity index (χ1v) is 10.9. The van der Waals surface area contributed by atoms with Crippen LogP contribution in [0.25, 0.3) is 27.9 Å². The van der Waals surface area contributed by atoms with E-state index < -0.39 is 4.92 Å². The minimum atomic E-state index is -0.435. The minimum Gasteiger partial charge on any atom is -0.466 e. The van der Waals surface area contributed by atoms with E-state index in [-0.39, 0.29) is 17.6 Å². The van der Waals surface area contributed by atoms with Crippen LogP contribution in [-0.4, -0.2) is 50.2 Å². The number of benzene rings is 2. The summed E-state index contributed by atoms with van der Waals surface area (Å²) in [6.45, 7) is 3.37. The highest BCUT2D eigenvalue weighted by atomic mass is 16.6. The van der Waals surface area contributed by atoms with E-state index in [9.17, 15) is 14.9 Å². The Morgan fingerprint density at radius 2 is 1.97 bits per heavy atom. The molecule has 0 N–H and O–H groups in total. The number of ether oxygens (including phenoxy) is 1. The molecule has 3 heterocycles. The van der Waals surface area contributed by atoms with E-state index in [1.807, 2.05) is 28.7 Å². The summed E-state index contributed by atoms with van der Waals surface area (Å²) >= 11 is 0. The van der Waals surface area contributed by atoms with Gasteiger partial charge in [0.15, 0.2) is 11.5 Å². The molecule has 0 radical (unpaired) electrons. The summed E-state index contributed by atoms with van der Waals surface area (Å²) in [4.78, 5) is 30.0. The predicted molar refractivity (Wildman–Crippen MR) is 122 cm³/mol. The van der Waals surface area contributed by atoms with Crippen molar-refractivity contribution >= 4 is 34.2 Å². The van der Waals surface area contributed by atoms with Crippen LogP contribution in [0.3, 0.4) is 0 Å². The van der Waals surface area contributed by atoms with Crippen LogP contribution in [-0.2, 0) is 9.53 Å². The molecular weight excluding hydrogens is 424 g/mol. The predicted octanol–water partition coefficient (Wildman–Crippen LogP) is 3.63. The molecular formula is C23H22N6O4. The Balaban J connectivity index is 1.66. The molecule has 1 unspecified atom stereocenters. The quantitative estimate of drug-likeness (QED) is 0.259. The second-order valence-electron chi connectivity index (χ2n) is 7.95. The van der Waals surface area contributed by atoms with Gasteiger partial charge in [-0.2, -0.15) is 0 Å². The number of esters is 1. The largest absolute Gasteiger partial charge is 0.466 e. The van der Waals surface area contributed by atoms with Gasteiger partial charge in [-0.15, -0.1) is 10.2 Å². The third-order valence-corrected chi connectivity index (χ3v) is 5.89. The monoisotopic (exact) mass is 446 g/mol. The molecule has 0 amide bonds. The van der Waals surface area contributed by atoms with Gasteiger partial charge in [0.1, 0.15) is 0 Å². The number of nitro groups is 1. The van der Waals surface area contributed by atoms with E-state index in [0.29, 0.717) is 36.1 Å². The lowest BCUT2D eigenvalue weighted by atomic mass is 9.98. The van der Waals surface area contributed by atoms with Gasteiger partial charge >= 0.3 is 5.97 Å². The van der Waals surface area contributed by atoms with Gasteiger partial charge < -0.3 is 9.64 Å². The minimum absolute atomic E-state index is 0.00433. The highest BCUT2D eigenvalue weighted by Crippen LogP contribution is 2.31. The van der Waals surface area contributed by atoms with Crippen LogP contribution in [0.1, 0.15) is 19.8 Å². The Morgan fingerprint density at radius 3 is 2.73 bits per heavy atom. The number of carbonyl (C=O) groups excluding carboxylic acids is 1. The Morgan fingerprint density at radius 1 is 1.18 bits per heavy atom. The molecule has 0 bridgehead atoms. The van der Waals surface area contributed by atoms with E-state index in [0.717, 1.165) is 30.3 Å². The number of aromatic nitrogens is 4. The van der Waals surface area contributed by atoms with Crippen molar-refractivity contribution < 1.29 is 14.5 Å². The number of non-ortho nitro benzene ring substituents is 1. The van der Waals surface area contributed by atoms with Crippen LogP contribution >= 0.6 is 0 Å². The van der Waals surface area contributed by atoms with Crippen LogP contribution < -0.4 is 4.90 Å². The van der Waals surface area contributed by atoms with Crippen LogP contribution in [0.5, 0.6) is 0 Å². The molecule has 168 valence electrons. The van der Waals surface area contributed by atoms with Gasteiger partial charge in [0.2, 0.25) is 5.95 Å². The number of nitro benzene ring substituents is 1. The zero-order valence-corrected chi connectivity index (χ0v) is 18.0. The number of hydrogen-bond donors (Lipinski definition) is 0. The van der Waals surface area contributed by atoms with Gasteiger partial charge in [0.05, 0.1) is 23.0 Å². The summed E-state index contributed by atoms with van der Waals surface area (Å²) in [6, 6.07) is 13.9. The molecule has 4 aromatic rings. The van der Waals surface area contributed by atoms with Gasteiger partial charge in [0, 0.05) is 36.2 Å². The zero-order valence-electron chi connectivity index (χ0n) is 18.0. The van der Waals surface area contributed by atoms with Crippen LogP contribution in [0.4, 0.5) is 11.6 Å². The lowest BCUT2D eigenvalue weighted by Crippen LogP contribution is -2.40. The van der Waals surface area contributed by atoms with Gasteiger partial charge in [-0.3, -0.25) is 14.9 Å². The summed E-state index contributed by atoms with van der Waals surface area (Å²) in [5.41, 5.74) is 2.11. The molecule has 0 spiro atoms. The molecule has 1 fully saturated rings. The van der Waals surface area contributed by atoms with E-state index in [1.54, 1.807) is 19.1 Å². The Kier molecular flexibility index (Phi) is 5.33. The Hall–Kier alpha value is -4.08. The van der Waals surface area contributed by atoms with Crippen LogP contribution in [0.15, 0.2) is 48.5 Å². The Labute approximate surface area is 189 Å². The number of nitrogens with zero attached hydrogens (tertiary/aromatic N) is 6. The standard InChI is InChI=1S/C23H22N6O4/c1-2-33-22(30)16-6-5-13-27(14-16)23-24-19-8-4-3-7-18(19)21-26-25-20(28(21)23)15-9-11-17(12-10-15)29(31)32/h3-4,7-12,16H,2,5-6,13-14H2,1H3. The van der Waals surface area contributed by atoms with Gasteiger partial charge in [-0.05, 0) is 44.0 Å². The fraction of sp³-hybridized carbons (Fsp3) is 0.304. The molecule has 10 nitrogen and oxygen atoms in total. The second kappa shape index (κ2) is 8.45. The number of anilines is 1. The molecule has 1 aliphatic rings. The van der Waals surface area contributed by atoms with Crippen molar-refractivity contribution in [1.29, 1.82) is 0 Å². The lowest BCUT2D eigenvalue weighted by molar-refractivity contribution is -0.384. The summed E-state index contributed by atoms with van der Waals surface area (Å²) in [7, 11) is 0. The maximum atomic E-state index is 12.4. The molecule has 2 aromatic heterocycles. The molecule has 1 atom stereocenters. The molecule has 33 heavy (non-hydrogen) atoms.